The van der Waals surface area contributed by atoms with Gasteiger partial charge in [-0.05, 0) is 18.2 Å². The summed E-state index contributed by atoms with van der Waals surface area (Å²) in [5.41, 5.74) is 0.580. The van der Waals surface area contributed by atoms with E-state index in [0.29, 0.717) is 11.6 Å². The third kappa shape index (κ3) is 2.87. The summed E-state index contributed by atoms with van der Waals surface area (Å²) in [5, 5.41) is 0. The maximum atomic E-state index is 5.73. The van der Waals surface area contributed by atoms with E-state index in [2.05, 4.69) is 4.98 Å². The molecule has 0 fully saturated rings. The molecule has 0 aliphatic heterocycles. The first-order valence-corrected chi connectivity index (χ1v) is 5.61. The van der Waals surface area contributed by atoms with Crippen molar-refractivity contribution < 1.29 is 4.74 Å². The monoisotopic (exact) mass is 253 g/mol. The van der Waals surface area contributed by atoms with Crippen LogP contribution in [0.5, 0.6) is 11.6 Å². The maximum Gasteiger partial charge on any atom is 0.219 e. The van der Waals surface area contributed by atoms with Crippen molar-refractivity contribution in [2.24, 2.45) is 0 Å². The lowest BCUT2D eigenvalue weighted by molar-refractivity contribution is 0.461. The Kier molecular flexibility index (Phi) is 3.65. The Bertz CT molecular complexity index is 460. The third-order valence-corrected chi connectivity index (χ3v) is 2.38. The molecule has 0 saturated heterocycles. The summed E-state index contributed by atoms with van der Waals surface area (Å²) >= 11 is 11.5. The van der Waals surface area contributed by atoms with Gasteiger partial charge in [0.05, 0.1) is 5.69 Å². The van der Waals surface area contributed by atoms with Crippen LogP contribution in [0.15, 0.2) is 48.5 Å². The standard InChI is InChI=1S/C12H9Cl2NO/c13-12(14)10-7-4-8-11(15-10)16-9-5-2-1-3-6-9/h1-8,12H. The van der Waals surface area contributed by atoms with Crippen molar-refractivity contribution >= 4 is 23.2 Å². The predicted octanol–water partition coefficient (Wildman–Crippen LogP) is 4.35. The van der Waals surface area contributed by atoms with Gasteiger partial charge in [-0.15, -0.1) is 0 Å². The number of hydrogen-bond donors (Lipinski definition) is 0. The van der Waals surface area contributed by atoms with E-state index in [-0.39, 0.29) is 0 Å². The fourth-order valence-electron chi connectivity index (χ4n) is 1.22. The van der Waals surface area contributed by atoms with Crippen molar-refractivity contribution in [2.75, 3.05) is 0 Å². The van der Waals surface area contributed by atoms with Crippen LogP contribution in [-0.4, -0.2) is 4.98 Å². The van der Waals surface area contributed by atoms with Gasteiger partial charge in [-0.3, -0.25) is 0 Å². The molecule has 16 heavy (non-hydrogen) atoms. The molecule has 0 aliphatic carbocycles. The molecule has 0 aliphatic rings. The van der Waals surface area contributed by atoms with Gasteiger partial charge in [0.15, 0.2) is 0 Å². The number of halogens is 2. The number of benzene rings is 1. The summed E-state index contributed by atoms with van der Waals surface area (Å²) < 4.78 is 5.54. The highest BCUT2D eigenvalue weighted by Gasteiger charge is 2.06. The van der Waals surface area contributed by atoms with E-state index in [1.165, 1.54) is 0 Å². The zero-order valence-corrected chi connectivity index (χ0v) is 9.82. The maximum absolute atomic E-state index is 5.73. The van der Waals surface area contributed by atoms with E-state index in [0.717, 1.165) is 5.75 Å². The highest BCUT2D eigenvalue weighted by Crippen LogP contribution is 2.26. The van der Waals surface area contributed by atoms with Crippen LogP contribution >= 0.6 is 23.2 Å². The molecule has 0 amide bonds. The predicted molar refractivity (Wildman–Crippen MR) is 65.2 cm³/mol. The molecule has 2 nitrogen and oxygen atoms in total. The molecule has 1 heterocycles. The highest BCUT2D eigenvalue weighted by molar-refractivity contribution is 6.43. The minimum Gasteiger partial charge on any atom is -0.439 e. The molecule has 0 spiro atoms. The van der Waals surface area contributed by atoms with E-state index in [1.807, 2.05) is 30.3 Å². The average molecular weight is 254 g/mol. The molecule has 1 aromatic carbocycles. The van der Waals surface area contributed by atoms with Gasteiger partial charge in [0.2, 0.25) is 5.88 Å². The molecule has 0 bridgehead atoms. The molecule has 2 rings (SSSR count). The summed E-state index contributed by atoms with van der Waals surface area (Å²) in [5.74, 6) is 1.21. The SMILES string of the molecule is ClC(Cl)c1cccc(Oc2ccccc2)n1. The topological polar surface area (TPSA) is 22.1 Å². The molecule has 82 valence electrons. The van der Waals surface area contributed by atoms with Gasteiger partial charge in [-0.1, -0.05) is 47.5 Å². The van der Waals surface area contributed by atoms with Crippen LogP contribution in [-0.2, 0) is 0 Å². The van der Waals surface area contributed by atoms with Crippen LogP contribution in [0.4, 0.5) is 0 Å². The average Bonchev–Trinajstić information content (AvgIpc) is 2.30. The Morgan fingerprint density at radius 1 is 0.938 bits per heavy atom. The molecule has 0 atom stereocenters. The fraction of sp³-hybridized carbons (Fsp3) is 0.0833. The molecule has 4 heteroatoms. The van der Waals surface area contributed by atoms with E-state index in [1.54, 1.807) is 18.2 Å². The number of ether oxygens (including phenoxy) is 1. The minimum absolute atomic E-state index is 0.481. The summed E-state index contributed by atoms with van der Waals surface area (Å²) in [6, 6.07) is 14.7. The summed E-state index contributed by atoms with van der Waals surface area (Å²) in [4.78, 5) is 3.54. The van der Waals surface area contributed by atoms with Crippen LogP contribution in [0, 0.1) is 0 Å². The lowest BCUT2D eigenvalue weighted by Crippen LogP contribution is -1.92. The van der Waals surface area contributed by atoms with E-state index < -0.39 is 4.84 Å². The molecule has 1 aromatic heterocycles. The Morgan fingerprint density at radius 2 is 1.69 bits per heavy atom. The lowest BCUT2D eigenvalue weighted by Gasteiger charge is -2.06. The van der Waals surface area contributed by atoms with Crippen molar-refractivity contribution in [3.8, 4) is 11.6 Å². The number of para-hydroxylation sites is 1. The number of aromatic nitrogens is 1. The Balaban J connectivity index is 2.19. The normalized spacial score (nSPS) is 10.4. The lowest BCUT2D eigenvalue weighted by atomic mass is 10.3. The second-order valence-corrected chi connectivity index (χ2v) is 4.21. The second kappa shape index (κ2) is 5.19. The van der Waals surface area contributed by atoms with E-state index in [4.69, 9.17) is 27.9 Å². The molecule has 0 unspecified atom stereocenters. The van der Waals surface area contributed by atoms with Crippen molar-refractivity contribution in [1.29, 1.82) is 0 Å². The second-order valence-electron chi connectivity index (χ2n) is 3.12. The first kappa shape index (κ1) is 11.2. The smallest absolute Gasteiger partial charge is 0.219 e. The number of nitrogens with zero attached hydrogens (tertiary/aromatic N) is 1. The number of pyridine rings is 1. The van der Waals surface area contributed by atoms with Crippen molar-refractivity contribution in [3.05, 3.63) is 54.2 Å². The van der Waals surface area contributed by atoms with Gasteiger partial charge in [-0.2, -0.15) is 0 Å². The van der Waals surface area contributed by atoms with Crippen LogP contribution < -0.4 is 4.74 Å². The zero-order valence-electron chi connectivity index (χ0n) is 8.31. The Labute approximate surface area is 104 Å². The third-order valence-electron chi connectivity index (χ3n) is 1.93. The fourth-order valence-corrected chi connectivity index (χ4v) is 1.46. The van der Waals surface area contributed by atoms with Gasteiger partial charge >= 0.3 is 0 Å². The number of rotatable bonds is 3. The van der Waals surface area contributed by atoms with Crippen molar-refractivity contribution in [1.82, 2.24) is 4.98 Å². The number of hydrogen-bond acceptors (Lipinski definition) is 2. The van der Waals surface area contributed by atoms with E-state index in [9.17, 15) is 0 Å². The summed E-state index contributed by atoms with van der Waals surface area (Å²) in [6.07, 6.45) is 0. The van der Waals surface area contributed by atoms with Gasteiger partial charge in [0, 0.05) is 6.07 Å². The van der Waals surface area contributed by atoms with Crippen LogP contribution in [0.3, 0.4) is 0 Å². The minimum atomic E-state index is -0.640. The van der Waals surface area contributed by atoms with Gasteiger partial charge < -0.3 is 4.74 Å². The zero-order chi connectivity index (χ0) is 11.4. The van der Waals surface area contributed by atoms with Crippen LogP contribution in [0.2, 0.25) is 0 Å². The van der Waals surface area contributed by atoms with Crippen LogP contribution in [0.1, 0.15) is 10.5 Å². The largest absolute Gasteiger partial charge is 0.439 e. The van der Waals surface area contributed by atoms with E-state index >= 15 is 0 Å². The van der Waals surface area contributed by atoms with Crippen molar-refractivity contribution in [3.63, 3.8) is 0 Å². The summed E-state index contributed by atoms with van der Waals surface area (Å²) in [7, 11) is 0. The summed E-state index contributed by atoms with van der Waals surface area (Å²) in [6.45, 7) is 0. The number of alkyl halides is 2. The van der Waals surface area contributed by atoms with Gasteiger partial charge in [0.1, 0.15) is 10.6 Å². The molecular weight excluding hydrogens is 245 g/mol. The first-order valence-electron chi connectivity index (χ1n) is 4.74. The Hall–Kier alpha value is -1.25. The van der Waals surface area contributed by atoms with Gasteiger partial charge in [0.25, 0.3) is 0 Å². The Morgan fingerprint density at radius 3 is 2.38 bits per heavy atom. The molecule has 0 N–H and O–H groups in total. The quantitative estimate of drug-likeness (QED) is 0.759. The highest BCUT2D eigenvalue weighted by atomic mass is 35.5. The first-order chi connectivity index (χ1) is 7.75. The molecular formula is C12H9Cl2NO. The van der Waals surface area contributed by atoms with Crippen LogP contribution in [0.25, 0.3) is 0 Å². The molecule has 0 saturated carbocycles. The molecule has 2 aromatic rings. The van der Waals surface area contributed by atoms with Crippen molar-refractivity contribution in [2.45, 2.75) is 4.84 Å². The van der Waals surface area contributed by atoms with Gasteiger partial charge in [-0.25, -0.2) is 4.98 Å². The molecule has 0 radical (unpaired) electrons.